The number of piperidine rings is 1. The minimum absolute atomic E-state index is 0.172. The van der Waals surface area contributed by atoms with E-state index in [0.717, 1.165) is 42.8 Å². The normalized spacial score (nSPS) is 16.6. The molecule has 1 saturated heterocycles. The number of hydrogen-bond donors (Lipinski definition) is 3. The summed E-state index contributed by atoms with van der Waals surface area (Å²) in [4.78, 5) is 16.0. The van der Waals surface area contributed by atoms with Crippen molar-refractivity contribution in [3.05, 3.63) is 117 Å². The summed E-state index contributed by atoms with van der Waals surface area (Å²) in [6, 6.07) is 27.9. The number of nitrogens with zero attached hydrogens (tertiary/aromatic N) is 2. The van der Waals surface area contributed by atoms with E-state index in [1.54, 1.807) is 12.1 Å². The van der Waals surface area contributed by atoms with Gasteiger partial charge < -0.3 is 25.3 Å². The van der Waals surface area contributed by atoms with Gasteiger partial charge in [0.2, 0.25) is 0 Å². The van der Waals surface area contributed by atoms with E-state index in [2.05, 4.69) is 72.1 Å². The zero-order chi connectivity index (χ0) is 31.8. The molecule has 5 rings (SSSR count). The predicted molar refractivity (Wildman–Crippen MR) is 180 cm³/mol. The molecule has 3 atom stereocenters. The van der Waals surface area contributed by atoms with Crippen LogP contribution in [0.3, 0.4) is 0 Å². The molecule has 0 radical (unpaired) electrons. The highest BCUT2D eigenvalue weighted by Crippen LogP contribution is 2.27. The lowest BCUT2D eigenvalue weighted by molar-refractivity contribution is 0.0934. The standard InChI is InChI=1S/C37H42ClN5O2/c1-25-6-12-29(13-7-25)26(2)40-23-33-15-17-36(45-33)30-14-16-35(38)34(20-30)37(44)42-32(19-27-8-10-28(21-39)11-9-27)22-41-31-5-4-18-43(3)24-31/h6-17,20,26,31-32,40-41H,4-5,18-19,22-24H2,1-3H3,(H,42,44)/t26?,31-,32?/m0/s1. The van der Waals surface area contributed by atoms with Crippen LogP contribution in [-0.4, -0.2) is 49.6 Å². The molecule has 3 N–H and O–H groups in total. The first-order valence-electron chi connectivity index (χ1n) is 15.7. The molecule has 8 heteroatoms. The smallest absolute Gasteiger partial charge is 0.253 e. The molecule has 0 aliphatic carbocycles. The minimum Gasteiger partial charge on any atom is -0.460 e. The monoisotopic (exact) mass is 623 g/mol. The Morgan fingerprint density at radius 3 is 2.60 bits per heavy atom. The number of likely N-dealkylation sites (N-methyl/N-ethyl adjacent to an activating group) is 1. The van der Waals surface area contributed by atoms with E-state index in [1.807, 2.05) is 42.5 Å². The molecular weight excluding hydrogens is 582 g/mol. The number of halogens is 1. The maximum Gasteiger partial charge on any atom is 0.253 e. The summed E-state index contributed by atoms with van der Waals surface area (Å²) in [5.74, 6) is 1.26. The second-order valence-electron chi connectivity index (χ2n) is 12.2. The fourth-order valence-electron chi connectivity index (χ4n) is 5.79. The first-order chi connectivity index (χ1) is 21.8. The van der Waals surface area contributed by atoms with Gasteiger partial charge in [-0.2, -0.15) is 5.26 Å². The molecule has 0 bridgehead atoms. The summed E-state index contributed by atoms with van der Waals surface area (Å²) in [6.07, 6.45) is 2.89. The van der Waals surface area contributed by atoms with Crippen LogP contribution >= 0.6 is 11.6 Å². The highest BCUT2D eigenvalue weighted by molar-refractivity contribution is 6.34. The number of aryl methyl sites for hydroxylation is 1. The number of nitrogens with one attached hydrogen (secondary N) is 3. The van der Waals surface area contributed by atoms with Gasteiger partial charge >= 0.3 is 0 Å². The van der Waals surface area contributed by atoms with Crippen molar-refractivity contribution in [2.24, 2.45) is 0 Å². The van der Waals surface area contributed by atoms with Gasteiger partial charge in [-0.3, -0.25) is 4.79 Å². The Morgan fingerprint density at radius 1 is 1.09 bits per heavy atom. The molecule has 1 amide bonds. The minimum atomic E-state index is -0.233. The summed E-state index contributed by atoms with van der Waals surface area (Å²) >= 11 is 6.57. The van der Waals surface area contributed by atoms with Crippen LogP contribution in [0.4, 0.5) is 0 Å². The molecule has 234 valence electrons. The van der Waals surface area contributed by atoms with Gasteiger partial charge in [0.1, 0.15) is 11.5 Å². The highest BCUT2D eigenvalue weighted by atomic mass is 35.5. The van der Waals surface area contributed by atoms with Crippen molar-refractivity contribution in [3.8, 4) is 17.4 Å². The number of benzene rings is 3. The Morgan fingerprint density at radius 2 is 1.87 bits per heavy atom. The summed E-state index contributed by atoms with van der Waals surface area (Å²) < 4.78 is 6.17. The van der Waals surface area contributed by atoms with Gasteiger partial charge in [0, 0.05) is 36.8 Å². The van der Waals surface area contributed by atoms with Crippen LogP contribution < -0.4 is 16.0 Å². The zero-order valence-corrected chi connectivity index (χ0v) is 27.0. The summed E-state index contributed by atoms with van der Waals surface area (Å²) in [5, 5.41) is 20.0. The molecule has 2 heterocycles. The Kier molecular flexibility index (Phi) is 11.1. The number of amides is 1. The number of hydrogen-bond acceptors (Lipinski definition) is 6. The second-order valence-corrected chi connectivity index (χ2v) is 12.6. The Bertz CT molecular complexity index is 1610. The van der Waals surface area contributed by atoms with Crippen molar-refractivity contribution in [2.75, 3.05) is 26.7 Å². The summed E-state index contributed by atoms with van der Waals surface area (Å²) in [6.45, 7) is 7.52. The van der Waals surface area contributed by atoms with E-state index in [-0.39, 0.29) is 18.0 Å². The molecular formula is C37H42ClN5O2. The molecule has 1 aliphatic rings. The van der Waals surface area contributed by atoms with Crippen LogP contribution in [0.1, 0.15) is 64.2 Å². The highest BCUT2D eigenvalue weighted by Gasteiger charge is 2.22. The maximum absolute atomic E-state index is 13.7. The molecule has 1 fully saturated rings. The van der Waals surface area contributed by atoms with Crippen LogP contribution in [0, 0.1) is 18.3 Å². The summed E-state index contributed by atoms with van der Waals surface area (Å²) in [7, 11) is 2.14. The van der Waals surface area contributed by atoms with Crippen LogP contribution in [0.25, 0.3) is 11.3 Å². The molecule has 3 aromatic carbocycles. The Hall–Kier alpha value is -3.93. The fourth-order valence-corrected chi connectivity index (χ4v) is 5.99. The zero-order valence-electron chi connectivity index (χ0n) is 26.3. The van der Waals surface area contributed by atoms with E-state index in [4.69, 9.17) is 16.0 Å². The van der Waals surface area contributed by atoms with E-state index in [9.17, 15) is 10.1 Å². The third kappa shape index (κ3) is 9.06. The van der Waals surface area contributed by atoms with Crippen LogP contribution in [0.2, 0.25) is 5.02 Å². The van der Waals surface area contributed by atoms with Gasteiger partial charge in [-0.05, 0) is 100 Å². The molecule has 45 heavy (non-hydrogen) atoms. The van der Waals surface area contributed by atoms with Gasteiger partial charge in [-0.25, -0.2) is 0 Å². The van der Waals surface area contributed by atoms with Crippen LogP contribution in [0.5, 0.6) is 0 Å². The molecule has 0 spiro atoms. The van der Waals surface area contributed by atoms with Crippen molar-refractivity contribution >= 4 is 17.5 Å². The number of carbonyl (C=O) groups excluding carboxylic acids is 1. The molecule has 1 aliphatic heterocycles. The molecule has 0 saturated carbocycles. The molecule has 1 aromatic heterocycles. The van der Waals surface area contributed by atoms with Gasteiger partial charge in [0.25, 0.3) is 5.91 Å². The van der Waals surface area contributed by atoms with E-state index in [0.29, 0.717) is 47.5 Å². The van der Waals surface area contributed by atoms with Gasteiger partial charge in [0.05, 0.1) is 28.8 Å². The number of rotatable bonds is 12. The van der Waals surface area contributed by atoms with Gasteiger partial charge in [-0.15, -0.1) is 0 Å². The van der Waals surface area contributed by atoms with Crippen molar-refractivity contribution in [1.82, 2.24) is 20.9 Å². The topological polar surface area (TPSA) is 93.3 Å². The predicted octanol–water partition coefficient (Wildman–Crippen LogP) is 6.66. The van der Waals surface area contributed by atoms with E-state index < -0.39 is 0 Å². The second kappa shape index (κ2) is 15.4. The molecule has 7 nitrogen and oxygen atoms in total. The fraction of sp³-hybridized carbons (Fsp3) is 0.351. The Balaban J connectivity index is 1.26. The lowest BCUT2D eigenvalue weighted by Gasteiger charge is -2.31. The third-order valence-electron chi connectivity index (χ3n) is 8.49. The Labute approximate surface area is 271 Å². The van der Waals surface area contributed by atoms with Crippen molar-refractivity contribution in [2.45, 2.75) is 57.8 Å². The number of carbonyl (C=O) groups is 1. The third-order valence-corrected chi connectivity index (χ3v) is 8.82. The number of likely N-dealkylation sites (tertiary alicyclic amines) is 1. The van der Waals surface area contributed by atoms with Crippen molar-refractivity contribution in [3.63, 3.8) is 0 Å². The largest absolute Gasteiger partial charge is 0.460 e. The molecule has 4 aromatic rings. The van der Waals surface area contributed by atoms with Crippen molar-refractivity contribution in [1.29, 1.82) is 5.26 Å². The summed E-state index contributed by atoms with van der Waals surface area (Å²) in [5.41, 5.74) is 5.32. The van der Waals surface area contributed by atoms with Gasteiger partial charge in [0.15, 0.2) is 0 Å². The average molecular weight is 624 g/mol. The van der Waals surface area contributed by atoms with Crippen LogP contribution in [0.15, 0.2) is 83.3 Å². The SMILES string of the molecule is Cc1ccc(C(C)NCc2ccc(-c3ccc(Cl)c(C(=O)NC(CN[C@H]4CCCN(C)C4)Cc4ccc(C#N)cc4)c3)o2)cc1. The number of furan rings is 1. The van der Waals surface area contributed by atoms with Gasteiger partial charge in [-0.1, -0.05) is 53.6 Å². The average Bonchev–Trinajstić information content (AvgIpc) is 3.52. The van der Waals surface area contributed by atoms with E-state index >= 15 is 0 Å². The molecule has 2 unspecified atom stereocenters. The van der Waals surface area contributed by atoms with Crippen LogP contribution in [-0.2, 0) is 13.0 Å². The van der Waals surface area contributed by atoms with E-state index in [1.165, 1.54) is 11.1 Å². The van der Waals surface area contributed by atoms with Crippen molar-refractivity contribution < 1.29 is 9.21 Å². The first-order valence-corrected chi connectivity index (χ1v) is 16.1. The quantitative estimate of drug-likeness (QED) is 0.164. The maximum atomic E-state index is 13.7. The first kappa shape index (κ1) is 32.5. The lowest BCUT2D eigenvalue weighted by Crippen LogP contribution is -2.50. The number of nitriles is 1. The lowest BCUT2D eigenvalue weighted by atomic mass is 10.0.